The lowest BCUT2D eigenvalue weighted by molar-refractivity contribution is -0.129. The highest BCUT2D eigenvalue weighted by molar-refractivity contribution is 5.94. The summed E-state index contributed by atoms with van der Waals surface area (Å²) < 4.78 is 0. The van der Waals surface area contributed by atoms with E-state index in [-0.39, 0.29) is 30.6 Å². The van der Waals surface area contributed by atoms with Gasteiger partial charge in [-0.1, -0.05) is 38.3 Å². The van der Waals surface area contributed by atoms with Gasteiger partial charge in [-0.25, -0.2) is 0 Å². The highest BCUT2D eigenvalue weighted by atomic mass is 16.2. The summed E-state index contributed by atoms with van der Waals surface area (Å²) in [5, 5.41) is 2.80. The van der Waals surface area contributed by atoms with Crippen LogP contribution in [-0.4, -0.2) is 17.7 Å². The summed E-state index contributed by atoms with van der Waals surface area (Å²) in [6.45, 7) is 5.97. The topological polar surface area (TPSA) is 87.3 Å². The van der Waals surface area contributed by atoms with Gasteiger partial charge < -0.3 is 5.32 Å². The van der Waals surface area contributed by atoms with Gasteiger partial charge >= 0.3 is 0 Å². The van der Waals surface area contributed by atoms with E-state index in [2.05, 4.69) is 23.1 Å². The maximum atomic E-state index is 11.9. The van der Waals surface area contributed by atoms with Gasteiger partial charge in [0.2, 0.25) is 17.7 Å². The number of hydrogen-bond donors (Lipinski definition) is 3. The molecule has 25 heavy (non-hydrogen) atoms. The fraction of sp³-hybridized carbons (Fsp3) is 0.526. The lowest BCUT2D eigenvalue weighted by Crippen LogP contribution is -2.41. The number of hydrazine groups is 1. The van der Waals surface area contributed by atoms with Crippen LogP contribution in [0.2, 0.25) is 0 Å². The van der Waals surface area contributed by atoms with Crippen molar-refractivity contribution in [2.45, 2.75) is 65.7 Å². The van der Waals surface area contributed by atoms with Gasteiger partial charge in [0.1, 0.15) is 0 Å². The van der Waals surface area contributed by atoms with Gasteiger partial charge in [-0.2, -0.15) is 0 Å². The third-order valence-electron chi connectivity index (χ3n) is 3.85. The molecule has 0 saturated carbocycles. The molecule has 0 radical (unpaired) electrons. The largest absolute Gasteiger partial charge is 0.326 e. The maximum absolute atomic E-state index is 11.9. The standard InChI is InChI=1S/C19H29N3O3/c1-4-5-6-7-8-18(24)21-22-19(25)12-11-17(23)20-16-13-14(2)9-10-15(16)3/h9-10,13H,4-8,11-12H2,1-3H3,(H,20,23)(H,21,24)(H,22,25). The minimum Gasteiger partial charge on any atom is -0.326 e. The molecule has 0 spiro atoms. The van der Waals surface area contributed by atoms with Crippen molar-refractivity contribution in [1.29, 1.82) is 0 Å². The molecule has 3 N–H and O–H groups in total. The van der Waals surface area contributed by atoms with Crippen LogP contribution in [0.25, 0.3) is 0 Å². The van der Waals surface area contributed by atoms with E-state index in [0.29, 0.717) is 6.42 Å². The highest BCUT2D eigenvalue weighted by Gasteiger charge is 2.09. The Morgan fingerprint density at radius 2 is 1.48 bits per heavy atom. The number of carbonyl (C=O) groups is 3. The number of carbonyl (C=O) groups excluding carboxylic acids is 3. The van der Waals surface area contributed by atoms with Crippen molar-refractivity contribution in [2.24, 2.45) is 0 Å². The molecule has 0 atom stereocenters. The molecule has 0 aliphatic rings. The van der Waals surface area contributed by atoms with Crippen molar-refractivity contribution in [1.82, 2.24) is 10.9 Å². The number of benzene rings is 1. The maximum Gasteiger partial charge on any atom is 0.238 e. The van der Waals surface area contributed by atoms with Crippen molar-refractivity contribution in [3.05, 3.63) is 29.3 Å². The fourth-order valence-electron chi connectivity index (χ4n) is 2.29. The second-order valence-electron chi connectivity index (χ2n) is 6.27. The van der Waals surface area contributed by atoms with Crippen molar-refractivity contribution in [3.63, 3.8) is 0 Å². The Hall–Kier alpha value is -2.37. The Labute approximate surface area is 149 Å². The van der Waals surface area contributed by atoms with Gasteiger partial charge in [-0.05, 0) is 37.5 Å². The van der Waals surface area contributed by atoms with Crippen LogP contribution < -0.4 is 16.2 Å². The first-order valence-electron chi connectivity index (χ1n) is 8.87. The third kappa shape index (κ3) is 8.88. The first kappa shape index (κ1) is 20.7. The van der Waals surface area contributed by atoms with E-state index in [4.69, 9.17) is 0 Å². The predicted octanol–water partition coefficient (Wildman–Crippen LogP) is 3.14. The zero-order valence-corrected chi connectivity index (χ0v) is 15.4. The van der Waals surface area contributed by atoms with Crippen LogP contribution in [0, 0.1) is 13.8 Å². The number of nitrogens with one attached hydrogen (secondary N) is 3. The molecular formula is C19H29N3O3. The van der Waals surface area contributed by atoms with Crippen molar-refractivity contribution >= 4 is 23.4 Å². The monoisotopic (exact) mass is 347 g/mol. The quantitative estimate of drug-likeness (QED) is 0.474. The van der Waals surface area contributed by atoms with Crippen LogP contribution in [0.5, 0.6) is 0 Å². The van der Waals surface area contributed by atoms with E-state index < -0.39 is 0 Å². The molecule has 0 unspecified atom stereocenters. The molecule has 0 bridgehead atoms. The van der Waals surface area contributed by atoms with Crippen molar-refractivity contribution in [3.8, 4) is 0 Å². The van der Waals surface area contributed by atoms with Gasteiger partial charge in [0, 0.05) is 24.9 Å². The summed E-state index contributed by atoms with van der Waals surface area (Å²) in [6, 6.07) is 5.81. The van der Waals surface area contributed by atoms with Gasteiger partial charge in [0.25, 0.3) is 0 Å². The molecule has 1 rings (SSSR count). The van der Waals surface area contributed by atoms with Crippen LogP contribution in [0.3, 0.4) is 0 Å². The first-order chi connectivity index (χ1) is 11.9. The SMILES string of the molecule is CCCCCCC(=O)NNC(=O)CCC(=O)Nc1cc(C)ccc1C. The number of anilines is 1. The number of unbranched alkanes of at least 4 members (excludes halogenated alkanes) is 3. The fourth-order valence-corrected chi connectivity index (χ4v) is 2.29. The van der Waals surface area contributed by atoms with Crippen LogP contribution >= 0.6 is 0 Å². The zero-order valence-electron chi connectivity index (χ0n) is 15.4. The van der Waals surface area contributed by atoms with E-state index in [1.54, 1.807) is 0 Å². The second-order valence-corrected chi connectivity index (χ2v) is 6.27. The van der Waals surface area contributed by atoms with E-state index in [9.17, 15) is 14.4 Å². The Balaban J connectivity index is 2.23. The van der Waals surface area contributed by atoms with Crippen LogP contribution in [0.1, 0.15) is 63.0 Å². The molecule has 6 nitrogen and oxygen atoms in total. The molecule has 0 aromatic heterocycles. The van der Waals surface area contributed by atoms with Gasteiger partial charge in [0.15, 0.2) is 0 Å². The van der Waals surface area contributed by atoms with E-state index in [0.717, 1.165) is 42.5 Å². The molecule has 0 heterocycles. The second kappa shape index (κ2) is 11.2. The molecular weight excluding hydrogens is 318 g/mol. The molecule has 0 aliphatic carbocycles. The molecule has 0 fully saturated rings. The molecule has 0 aliphatic heterocycles. The minimum absolute atomic E-state index is 0.0206. The highest BCUT2D eigenvalue weighted by Crippen LogP contribution is 2.16. The van der Waals surface area contributed by atoms with E-state index in [1.165, 1.54) is 0 Å². The van der Waals surface area contributed by atoms with Crippen LogP contribution in [0.15, 0.2) is 18.2 Å². The Morgan fingerprint density at radius 1 is 0.840 bits per heavy atom. The molecule has 1 aromatic carbocycles. The number of amides is 3. The average molecular weight is 347 g/mol. The van der Waals surface area contributed by atoms with E-state index >= 15 is 0 Å². The summed E-state index contributed by atoms with van der Waals surface area (Å²) in [6.07, 6.45) is 4.52. The molecule has 3 amide bonds. The smallest absolute Gasteiger partial charge is 0.238 e. The Bertz CT molecular complexity index is 600. The molecule has 138 valence electrons. The summed E-state index contributed by atoms with van der Waals surface area (Å²) in [4.78, 5) is 35.2. The van der Waals surface area contributed by atoms with Crippen LogP contribution in [0.4, 0.5) is 5.69 Å². The zero-order chi connectivity index (χ0) is 18.7. The van der Waals surface area contributed by atoms with Gasteiger partial charge in [0.05, 0.1) is 0 Å². The van der Waals surface area contributed by atoms with Gasteiger partial charge in [-0.3, -0.25) is 25.2 Å². The molecule has 1 aromatic rings. The minimum atomic E-state index is -0.377. The Morgan fingerprint density at radius 3 is 2.16 bits per heavy atom. The number of rotatable bonds is 9. The Kier molecular flexibility index (Phi) is 9.29. The number of aryl methyl sites for hydroxylation is 2. The summed E-state index contributed by atoms with van der Waals surface area (Å²) in [5.74, 6) is -0.808. The van der Waals surface area contributed by atoms with Crippen LogP contribution in [-0.2, 0) is 14.4 Å². The van der Waals surface area contributed by atoms with E-state index in [1.807, 2.05) is 32.0 Å². The summed E-state index contributed by atoms with van der Waals surface area (Å²) >= 11 is 0. The number of hydrogen-bond acceptors (Lipinski definition) is 3. The first-order valence-corrected chi connectivity index (χ1v) is 8.87. The lowest BCUT2D eigenvalue weighted by atomic mass is 10.1. The summed E-state index contributed by atoms with van der Waals surface area (Å²) in [7, 11) is 0. The van der Waals surface area contributed by atoms with Crippen molar-refractivity contribution < 1.29 is 14.4 Å². The van der Waals surface area contributed by atoms with Crippen molar-refractivity contribution in [2.75, 3.05) is 5.32 Å². The lowest BCUT2D eigenvalue weighted by Gasteiger charge is -2.10. The third-order valence-corrected chi connectivity index (χ3v) is 3.85. The summed E-state index contributed by atoms with van der Waals surface area (Å²) in [5.41, 5.74) is 7.51. The normalized spacial score (nSPS) is 10.2. The molecule has 6 heteroatoms. The average Bonchev–Trinajstić information content (AvgIpc) is 2.58. The van der Waals surface area contributed by atoms with Gasteiger partial charge in [-0.15, -0.1) is 0 Å². The molecule has 0 saturated heterocycles. The predicted molar refractivity (Wildman–Crippen MR) is 98.8 cm³/mol.